The van der Waals surface area contributed by atoms with E-state index in [2.05, 4.69) is 31.6 Å². The van der Waals surface area contributed by atoms with Crippen molar-refractivity contribution in [2.24, 2.45) is 11.3 Å². The van der Waals surface area contributed by atoms with Crippen LogP contribution in [0.15, 0.2) is 0 Å². The Hall–Kier alpha value is -0.190. The van der Waals surface area contributed by atoms with Crippen molar-refractivity contribution >= 4 is 12.4 Å². The summed E-state index contributed by atoms with van der Waals surface area (Å²) in [5.74, 6) is 3.59. The zero-order chi connectivity index (χ0) is 9.90. The summed E-state index contributed by atoms with van der Waals surface area (Å²) in [4.78, 5) is 2.38. The molecule has 0 aromatic heterocycles. The molecule has 82 valence electrons. The molecule has 14 heavy (non-hydrogen) atoms. The molecular weight excluding hydrogens is 194 g/mol. The van der Waals surface area contributed by atoms with Crippen LogP contribution >= 0.6 is 12.4 Å². The summed E-state index contributed by atoms with van der Waals surface area (Å²) >= 11 is 0. The van der Waals surface area contributed by atoms with E-state index in [0.29, 0.717) is 5.41 Å². The van der Waals surface area contributed by atoms with E-state index in [4.69, 9.17) is 6.42 Å². The molecule has 0 saturated carbocycles. The van der Waals surface area contributed by atoms with Crippen molar-refractivity contribution in [1.29, 1.82) is 0 Å². The fraction of sp³-hybridized carbons (Fsp3) is 0.833. The Labute approximate surface area is 94.7 Å². The van der Waals surface area contributed by atoms with Crippen LogP contribution in [-0.4, -0.2) is 24.5 Å². The lowest BCUT2D eigenvalue weighted by Gasteiger charge is -2.38. The number of halogens is 1. The third-order valence-corrected chi connectivity index (χ3v) is 3.13. The highest BCUT2D eigenvalue weighted by molar-refractivity contribution is 5.85. The fourth-order valence-electron chi connectivity index (χ4n) is 2.09. The van der Waals surface area contributed by atoms with Gasteiger partial charge in [0.2, 0.25) is 0 Å². The van der Waals surface area contributed by atoms with Crippen LogP contribution < -0.4 is 0 Å². The lowest BCUT2D eigenvalue weighted by Crippen LogP contribution is -2.38. The molecule has 0 bridgehead atoms. The minimum Gasteiger partial charge on any atom is -0.292 e. The van der Waals surface area contributed by atoms with Crippen molar-refractivity contribution in [1.82, 2.24) is 4.90 Å². The van der Waals surface area contributed by atoms with E-state index < -0.39 is 0 Å². The van der Waals surface area contributed by atoms with E-state index >= 15 is 0 Å². The van der Waals surface area contributed by atoms with Crippen molar-refractivity contribution in [3.05, 3.63) is 0 Å². The molecule has 0 aromatic rings. The maximum atomic E-state index is 5.29. The highest BCUT2D eigenvalue weighted by atomic mass is 35.5. The second kappa shape index (κ2) is 5.63. The van der Waals surface area contributed by atoms with Crippen LogP contribution in [0.1, 0.15) is 33.6 Å². The predicted octanol–water partition coefficient (Wildman–Crippen LogP) is 2.80. The van der Waals surface area contributed by atoms with Crippen LogP contribution in [0.3, 0.4) is 0 Å². The molecule has 1 rings (SSSR count). The maximum Gasteiger partial charge on any atom is 0.0598 e. The molecule has 0 radical (unpaired) electrons. The Kier molecular flexibility index (Phi) is 5.56. The molecule has 0 unspecified atom stereocenters. The summed E-state index contributed by atoms with van der Waals surface area (Å²) in [6.07, 6.45) is 7.91. The van der Waals surface area contributed by atoms with Crippen LogP contribution in [0.2, 0.25) is 0 Å². The van der Waals surface area contributed by atoms with E-state index in [1.54, 1.807) is 0 Å². The van der Waals surface area contributed by atoms with Gasteiger partial charge in [-0.15, -0.1) is 18.8 Å². The van der Waals surface area contributed by atoms with Crippen LogP contribution in [0, 0.1) is 23.7 Å². The van der Waals surface area contributed by atoms with Gasteiger partial charge in [-0.2, -0.15) is 0 Å². The summed E-state index contributed by atoms with van der Waals surface area (Å²) in [5.41, 5.74) is 0.474. The van der Waals surface area contributed by atoms with Gasteiger partial charge < -0.3 is 0 Å². The summed E-state index contributed by atoms with van der Waals surface area (Å²) in [7, 11) is 0. The van der Waals surface area contributed by atoms with Gasteiger partial charge in [0, 0.05) is 0 Å². The topological polar surface area (TPSA) is 3.24 Å². The number of terminal acetylenes is 1. The van der Waals surface area contributed by atoms with Crippen LogP contribution in [0.4, 0.5) is 0 Å². The highest BCUT2D eigenvalue weighted by Crippen LogP contribution is 2.33. The third-order valence-electron chi connectivity index (χ3n) is 3.13. The normalized spacial score (nSPS) is 19.9. The number of piperidine rings is 1. The molecule has 1 aliphatic rings. The second-order valence-corrected chi connectivity index (χ2v) is 5.12. The average Bonchev–Trinajstić information content (AvgIpc) is 2.04. The van der Waals surface area contributed by atoms with Crippen LogP contribution in [0.25, 0.3) is 0 Å². The van der Waals surface area contributed by atoms with E-state index in [1.807, 2.05) is 0 Å². The molecule has 1 fully saturated rings. The summed E-state index contributed by atoms with van der Waals surface area (Å²) in [5, 5.41) is 0. The monoisotopic (exact) mass is 215 g/mol. The van der Waals surface area contributed by atoms with Gasteiger partial charge >= 0.3 is 0 Å². The number of likely N-dealkylation sites (tertiary alicyclic amines) is 1. The molecule has 1 nitrogen and oxygen atoms in total. The van der Waals surface area contributed by atoms with E-state index in [-0.39, 0.29) is 12.4 Å². The first-order valence-corrected chi connectivity index (χ1v) is 5.20. The SMILES string of the molecule is C#CCN1CCC(C(C)(C)C)CC1.Cl. The Morgan fingerprint density at radius 1 is 1.29 bits per heavy atom. The fourth-order valence-corrected chi connectivity index (χ4v) is 2.09. The molecule has 0 amide bonds. The lowest BCUT2D eigenvalue weighted by atomic mass is 9.75. The van der Waals surface area contributed by atoms with Gasteiger partial charge in [0.05, 0.1) is 6.54 Å². The first kappa shape index (κ1) is 13.8. The van der Waals surface area contributed by atoms with Gasteiger partial charge in [0.25, 0.3) is 0 Å². The largest absolute Gasteiger partial charge is 0.292 e. The van der Waals surface area contributed by atoms with Crippen LogP contribution in [-0.2, 0) is 0 Å². The second-order valence-electron chi connectivity index (χ2n) is 5.12. The van der Waals surface area contributed by atoms with Gasteiger partial charge in [0.15, 0.2) is 0 Å². The van der Waals surface area contributed by atoms with Crippen molar-refractivity contribution in [3.63, 3.8) is 0 Å². The van der Waals surface area contributed by atoms with Crippen molar-refractivity contribution < 1.29 is 0 Å². The average molecular weight is 216 g/mol. The zero-order valence-corrected chi connectivity index (χ0v) is 10.4. The third kappa shape index (κ3) is 3.90. The molecule has 1 heterocycles. The van der Waals surface area contributed by atoms with E-state index in [9.17, 15) is 0 Å². The van der Waals surface area contributed by atoms with Gasteiger partial charge in [-0.3, -0.25) is 4.90 Å². The number of nitrogens with zero attached hydrogens (tertiary/aromatic N) is 1. The number of hydrogen-bond acceptors (Lipinski definition) is 1. The quantitative estimate of drug-likeness (QED) is 0.609. The first-order valence-electron chi connectivity index (χ1n) is 5.20. The highest BCUT2D eigenvalue weighted by Gasteiger charge is 2.28. The summed E-state index contributed by atoms with van der Waals surface area (Å²) < 4.78 is 0. The molecule has 0 N–H and O–H groups in total. The minimum absolute atomic E-state index is 0. The summed E-state index contributed by atoms with van der Waals surface area (Å²) in [6.45, 7) is 10.2. The molecule has 1 saturated heterocycles. The number of rotatable bonds is 1. The molecule has 2 heteroatoms. The number of hydrogen-bond donors (Lipinski definition) is 0. The molecule has 0 aromatic carbocycles. The smallest absolute Gasteiger partial charge is 0.0598 e. The minimum atomic E-state index is 0. The Balaban J connectivity index is 0.00000169. The molecule has 0 atom stereocenters. The molecule has 0 spiro atoms. The zero-order valence-electron chi connectivity index (χ0n) is 9.55. The van der Waals surface area contributed by atoms with Crippen molar-refractivity contribution in [2.75, 3.05) is 19.6 Å². The van der Waals surface area contributed by atoms with Gasteiger partial charge in [-0.05, 0) is 37.3 Å². The van der Waals surface area contributed by atoms with Crippen LogP contribution in [0.5, 0.6) is 0 Å². The lowest BCUT2D eigenvalue weighted by molar-refractivity contribution is 0.121. The Morgan fingerprint density at radius 3 is 2.14 bits per heavy atom. The summed E-state index contributed by atoms with van der Waals surface area (Å²) in [6, 6.07) is 0. The Morgan fingerprint density at radius 2 is 1.79 bits per heavy atom. The van der Waals surface area contributed by atoms with Gasteiger partial charge in [0.1, 0.15) is 0 Å². The van der Waals surface area contributed by atoms with Gasteiger partial charge in [-0.1, -0.05) is 26.7 Å². The van der Waals surface area contributed by atoms with Crippen molar-refractivity contribution in [2.45, 2.75) is 33.6 Å². The van der Waals surface area contributed by atoms with E-state index in [0.717, 1.165) is 12.5 Å². The molecular formula is C12H22ClN. The Bertz CT molecular complexity index is 191. The molecule has 1 aliphatic heterocycles. The predicted molar refractivity (Wildman–Crippen MR) is 64.7 cm³/mol. The van der Waals surface area contributed by atoms with Gasteiger partial charge in [-0.25, -0.2) is 0 Å². The maximum absolute atomic E-state index is 5.29. The van der Waals surface area contributed by atoms with E-state index in [1.165, 1.54) is 25.9 Å². The standard InChI is InChI=1S/C12H21N.ClH/c1-5-8-13-9-6-11(7-10-13)12(2,3)4;/h1,11H,6-10H2,2-4H3;1H. The first-order chi connectivity index (χ1) is 6.04. The molecule has 0 aliphatic carbocycles. The van der Waals surface area contributed by atoms with Crippen molar-refractivity contribution in [3.8, 4) is 12.3 Å².